The Labute approximate surface area is 109 Å². The molecule has 0 spiro atoms. The van der Waals surface area contributed by atoms with Crippen LogP contribution in [0.2, 0.25) is 0 Å². The van der Waals surface area contributed by atoms with Crippen molar-refractivity contribution in [1.82, 2.24) is 15.1 Å². The molecule has 1 atom stereocenters. The highest BCUT2D eigenvalue weighted by Crippen LogP contribution is 2.28. The molecular weight excluding hydrogens is 226 g/mol. The van der Waals surface area contributed by atoms with Crippen LogP contribution < -0.4 is 5.32 Å². The highest BCUT2D eigenvalue weighted by molar-refractivity contribution is 4.99. The molecule has 0 saturated heterocycles. The van der Waals surface area contributed by atoms with E-state index in [2.05, 4.69) is 10.4 Å². The van der Waals surface area contributed by atoms with Crippen molar-refractivity contribution in [3.8, 4) is 0 Å². The van der Waals surface area contributed by atoms with Crippen LogP contribution >= 0.6 is 0 Å². The topological polar surface area (TPSA) is 50.1 Å². The molecule has 4 nitrogen and oxygen atoms in total. The van der Waals surface area contributed by atoms with E-state index in [1.54, 1.807) is 0 Å². The Bertz CT molecular complexity index is 345. The Kier molecular flexibility index (Phi) is 5.20. The molecule has 1 aromatic heterocycles. The second kappa shape index (κ2) is 6.90. The Morgan fingerprint density at radius 1 is 1.50 bits per heavy atom. The van der Waals surface area contributed by atoms with E-state index in [9.17, 15) is 5.11 Å². The zero-order chi connectivity index (χ0) is 12.8. The Morgan fingerprint density at radius 2 is 2.28 bits per heavy atom. The summed E-state index contributed by atoms with van der Waals surface area (Å²) >= 11 is 0. The number of hydrogen-bond acceptors (Lipinski definition) is 3. The van der Waals surface area contributed by atoms with E-state index in [0.29, 0.717) is 6.54 Å². The minimum atomic E-state index is -0.188. The molecule has 0 aliphatic heterocycles. The SMILES string of the molecule is Cc1cnn(CCNCC(O)CC2CCCC2)c1. The van der Waals surface area contributed by atoms with Crippen LogP contribution in [0.1, 0.15) is 37.7 Å². The third-order valence-electron chi connectivity index (χ3n) is 3.74. The fourth-order valence-corrected chi connectivity index (χ4v) is 2.77. The van der Waals surface area contributed by atoms with Gasteiger partial charge >= 0.3 is 0 Å². The van der Waals surface area contributed by atoms with Crippen molar-refractivity contribution < 1.29 is 5.11 Å². The van der Waals surface area contributed by atoms with Crippen LogP contribution in [0.4, 0.5) is 0 Å². The molecule has 0 aromatic carbocycles. The van der Waals surface area contributed by atoms with Gasteiger partial charge in [-0.3, -0.25) is 4.68 Å². The normalized spacial score (nSPS) is 18.3. The van der Waals surface area contributed by atoms with E-state index in [1.165, 1.54) is 31.2 Å². The van der Waals surface area contributed by atoms with Crippen LogP contribution in [0.15, 0.2) is 12.4 Å². The predicted octanol–water partition coefficient (Wildman–Crippen LogP) is 1.72. The van der Waals surface area contributed by atoms with E-state index in [1.807, 2.05) is 24.0 Å². The molecule has 1 fully saturated rings. The predicted molar refractivity (Wildman–Crippen MR) is 72.4 cm³/mol. The minimum Gasteiger partial charge on any atom is -0.392 e. The molecule has 1 heterocycles. The number of rotatable bonds is 7. The van der Waals surface area contributed by atoms with Crippen LogP contribution in [0.5, 0.6) is 0 Å². The Morgan fingerprint density at radius 3 is 2.94 bits per heavy atom. The summed E-state index contributed by atoms with van der Waals surface area (Å²) in [5.41, 5.74) is 1.19. The van der Waals surface area contributed by atoms with Crippen LogP contribution in [-0.2, 0) is 6.54 Å². The maximum absolute atomic E-state index is 9.93. The zero-order valence-electron chi connectivity index (χ0n) is 11.3. The molecule has 0 radical (unpaired) electrons. The van der Waals surface area contributed by atoms with Gasteiger partial charge in [0.1, 0.15) is 0 Å². The number of nitrogens with zero attached hydrogens (tertiary/aromatic N) is 2. The maximum Gasteiger partial charge on any atom is 0.0667 e. The molecule has 2 rings (SSSR count). The lowest BCUT2D eigenvalue weighted by Gasteiger charge is -2.15. The Balaban J connectivity index is 1.54. The molecular formula is C14H25N3O. The standard InChI is InChI=1S/C14H25N3O/c1-12-9-16-17(11-12)7-6-15-10-14(18)8-13-4-2-3-5-13/h9,11,13-15,18H,2-8,10H2,1H3. The third kappa shape index (κ3) is 4.42. The van der Waals surface area contributed by atoms with Crippen LogP contribution in [-0.4, -0.2) is 34.1 Å². The van der Waals surface area contributed by atoms with Crippen molar-refractivity contribution in [2.75, 3.05) is 13.1 Å². The molecule has 0 bridgehead atoms. The van der Waals surface area contributed by atoms with Crippen molar-refractivity contribution in [2.45, 2.75) is 51.7 Å². The lowest BCUT2D eigenvalue weighted by molar-refractivity contribution is 0.140. The van der Waals surface area contributed by atoms with Gasteiger partial charge in [0.05, 0.1) is 18.8 Å². The van der Waals surface area contributed by atoms with Crippen molar-refractivity contribution in [1.29, 1.82) is 0 Å². The maximum atomic E-state index is 9.93. The first kappa shape index (κ1) is 13.6. The summed E-state index contributed by atoms with van der Waals surface area (Å²) < 4.78 is 1.94. The summed E-state index contributed by atoms with van der Waals surface area (Å²) in [5.74, 6) is 0.760. The second-order valence-corrected chi connectivity index (χ2v) is 5.52. The largest absolute Gasteiger partial charge is 0.392 e. The third-order valence-corrected chi connectivity index (χ3v) is 3.74. The van der Waals surface area contributed by atoms with Crippen molar-refractivity contribution in [3.63, 3.8) is 0 Å². The van der Waals surface area contributed by atoms with Gasteiger partial charge in [0.2, 0.25) is 0 Å². The summed E-state index contributed by atoms with van der Waals surface area (Å²) in [7, 11) is 0. The molecule has 102 valence electrons. The fraction of sp³-hybridized carbons (Fsp3) is 0.786. The van der Waals surface area contributed by atoms with E-state index < -0.39 is 0 Å². The van der Waals surface area contributed by atoms with Crippen LogP contribution in [0.25, 0.3) is 0 Å². The summed E-state index contributed by atoms with van der Waals surface area (Å²) in [5, 5.41) is 17.5. The summed E-state index contributed by atoms with van der Waals surface area (Å²) in [4.78, 5) is 0. The van der Waals surface area contributed by atoms with Crippen molar-refractivity contribution in [2.24, 2.45) is 5.92 Å². The number of aryl methyl sites for hydroxylation is 1. The average molecular weight is 251 g/mol. The van der Waals surface area contributed by atoms with Gasteiger partial charge in [-0.25, -0.2) is 0 Å². The van der Waals surface area contributed by atoms with Crippen molar-refractivity contribution >= 4 is 0 Å². The molecule has 2 N–H and O–H groups in total. The first-order chi connectivity index (χ1) is 8.74. The van der Waals surface area contributed by atoms with Crippen LogP contribution in [0, 0.1) is 12.8 Å². The lowest BCUT2D eigenvalue weighted by Crippen LogP contribution is -2.30. The quantitative estimate of drug-likeness (QED) is 0.726. The molecule has 1 saturated carbocycles. The smallest absolute Gasteiger partial charge is 0.0667 e. The fourth-order valence-electron chi connectivity index (χ4n) is 2.77. The van der Waals surface area contributed by atoms with E-state index >= 15 is 0 Å². The van der Waals surface area contributed by atoms with Crippen molar-refractivity contribution in [3.05, 3.63) is 18.0 Å². The van der Waals surface area contributed by atoms with Gasteiger partial charge in [-0.2, -0.15) is 5.10 Å². The van der Waals surface area contributed by atoms with Gasteiger partial charge in [0, 0.05) is 19.3 Å². The Hall–Kier alpha value is -0.870. The molecule has 0 amide bonds. The molecule has 18 heavy (non-hydrogen) atoms. The average Bonchev–Trinajstić information content (AvgIpc) is 2.96. The minimum absolute atomic E-state index is 0.188. The number of aliphatic hydroxyl groups excluding tert-OH is 1. The van der Waals surface area contributed by atoms with Gasteiger partial charge in [-0.1, -0.05) is 25.7 Å². The van der Waals surface area contributed by atoms with E-state index in [0.717, 1.165) is 25.4 Å². The van der Waals surface area contributed by atoms with Gasteiger partial charge in [0.25, 0.3) is 0 Å². The molecule has 1 unspecified atom stereocenters. The first-order valence-corrected chi connectivity index (χ1v) is 7.12. The van der Waals surface area contributed by atoms with Gasteiger partial charge in [-0.15, -0.1) is 0 Å². The lowest BCUT2D eigenvalue weighted by atomic mass is 10.0. The number of aliphatic hydroxyl groups is 1. The molecule has 1 aliphatic rings. The van der Waals surface area contributed by atoms with Gasteiger partial charge < -0.3 is 10.4 Å². The second-order valence-electron chi connectivity index (χ2n) is 5.52. The molecule has 1 aliphatic carbocycles. The highest BCUT2D eigenvalue weighted by atomic mass is 16.3. The monoisotopic (exact) mass is 251 g/mol. The number of hydrogen-bond donors (Lipinski definition) is 2. The highest BCUT2D eigenvalue weighted by Gasteiger charge is 2.18. The van der Waals surface area contributed by atoms with Gasteiger partial charge in [-0.05, 0) is 24.8 Å². The number of aromatic nitrogens is 2. The van der Waals surface area contributed by atoms with E-state index in [-0.39, 0.29) is 6.10 Å². The summed E-state index contributed by atoms with van der Waals surface area (Å²) in [6.45, 7) is 4.48. The first-order valence-electron chi connectivity index (χ1n) is 7.12. The molecule has 1 aromatic rings. The van der Waals surface area contributed by atoms with Crippen LogP contribution in [0.3, 0.4) is 0 Å². The summed E-state index contributed by atoms with van der Waals surface area (Å²) in [6, 6.07) is 0. The zero-order valence-corrected chi connectivity index (χ0v) is 11.3. The summed E-state index contributed by atoms with van der Waals surface area (Å²) in [6.07, 6.45) is 10.0. The van der Waals surface area contributed by atoms with Gasteiger partial charge in [0.15, 0.2) is 0 Å². The van der Waals surface area contributed by atoms with E-state index in [4.69, 9.17) is 0 Å². The number of nitrogens with one attached hydrogen (secondary N) is 1. The molecule has 4 heteroatoms.